The molecule has 0 aliphatic heterocycles. The second-order valence-corrected chi connectivity index (χ2v) is 5.44. The van der Waals surface area contributed by atoms with Crippen LogP contribution in [0.4, 0.5) is 0 Å². The summed E-state index contributed by atoms with van der Waals surface area (Å²) in [5.41, 5.74) is 1.27. The molecule has 0 unspecified atom stereocenters. The summed E-state index contributed by atoms with van der Waals surface area (Å²) in [6.45, 7) is 1.61. The van der Waals surface area contributed by atoms with E-state index in [9.17, 15) is 19.2 Å². The van der Waals surface area contributed by atoms with E-state index in [-0.39, 0.29) is 12.2 Å². The monoisotopic (exact) mass is 322 g/mol. The van der Waals surface area contributed by atoms with E-state index in [0.29, 0.717) is 11.1 Å². The number of rotatable bonds is 8. The molecule has 24 heavy (non-hydrogen) atoms. The summed E-state index contributed by atoms with van der Waals surface area (Å²) in [5, 5.41) is 0. The summed E-state index contributed by atoms with van der Waals surface area (Å²) < 4.78 is 0. The predicted octanol–water partition coefficient (Wildman–Crippen LogP) is 2.90. The number of benzene rings is 2. The highest BCUT2D eigenvalue weighted by Gasteiger charge is 2.32. The van der Waals surface area contributed by atoms with Crippen molar-refractivity contribution in [2.24, 2.45) is 0 Å². The molecule has 0 aromatic heterocycles. The second-order valence-electron chi connectivity index (χ2n) is 5.44. The molecule has 0 radical (unpaired) electrons. The fourth-order valence-corrected chi connectivity index (χ4v) is 2.44. The van der Waals surface area contributed by atoms with Crippen molar-refractivity contribution in [2.45, 2.75) is 25.7 Å². The van der Waals surface area contributed by atoms with Crippen LogP contribution in [0.2, 0.25) is 0 Å². The number of hydrogen-bond acceptors (Lipinski definition) is 4. The minimum Gasteiger partial charge on any atom is -0.299 e. The Kier molecular flexibility index (Phi) is 5.90. The van der Waals surface area contributed by atoms with Crippen molar-refractivity contribution in [3.05, 3.63) is 71.8 Å². The lowest BCUT2D eigenvalue weighted by Gasteiger charge is -2.15. The Morgan fingerprint density at radius 1 is 0.792 bits per heavy atom. The van der Waals surface area contributed by atoms with E-state index in [1.54, 1.807) is 55.5 Å². The topological polar surface area (TPSA) is 68.3 Å². The summed E-state index contributed by atoms with van der Waals surface area (Å²) in [6.07, 6.45) is -0.356. The van der Waals surface area contributed by atoms with Gasteiger partial charge in [0.05, 0.1) is 12.3 Å². The lowest BCUT2D eigenvalue weighted by atomic mass is 9.85. The Labute approximate surface area is 140 Å². The molecule has 122 valence electrons. The largest absolute Gasteiger partial charge is 0.299 e. The Morgan fingerprint density at radius 3 is 1.67 bits per heavy atom. The maximum absolute atomic E-state index is 12.7. The van der Waals surface area contributed by atoms with E-state index in [1.807, 2.05) is 12.1 Å². The molecule has 0 atom stereocenters. The van der Waals surface area contributed by atoms with Crippen molar-refractivity contribution in [1.29, 1.82) is 0 Å². The van der Waals surface area contributed by atoms with Crippen molar-refractivity contribution in [3.63, 3.8) is 0 Å². The van der Waals surface area contributed by atoms with Crippen LogP contribution in [-0.4, -0.2) is 23.1 Å². The normalized spacial score (nSPS) is 10.4. The van der Waals surface area contributed by atoms with Crippen LogP contribution in [0, 0.1) is 0 Å². The average molecular weight is 322 g/mol. The van der Waals surface area contributed by atoms with Gasteiger partial charge in [0.2, 0.25) is 11.6 Å². The smallest absolute Gasteiger partial charge is 0.265 e. The van der Waals surface area contributed by atoms with E-state index < -0.39 is 29.7 Å². The lowest BCUT2D eigenvalue weighted by molar-refractivity contribution is -0.145. The zero-order valence-corrected chi connectivity index (χ0v) is 13.4. The molecule has 0 aliphatic rings. The summed E-state index contributed by atoms with van der Waals surface area (Å²) in [5.74, 6) is -4.06. The van der Waals surface area contributed by atoms with E-state index in [4.69, 9.17) is 0 Å². The van der Waals surface area contributed by atoms with Gasteiger partial charge < -0.3 is 0 Å². The first-order valence-corrected chi connectivity index (χ1v) is 7.77. The van der Waals surface area contributed by atoms with Crippen LogP contribution < -0.4 is 0 Å². The minimum atomic E-state index is -1.12. The van der Waals surface area contributed by atoms with Gasteiger partial charge in [0.25, 0.3) is 5.78 Å². The van der Waals surface area contributed by atoms with Crippen LogP contribution >= 0.6 is 0 Å². The SMILES string of the molecule is CCC(=O)CC(=O)C(=O)C(=O)C(c1ccccc1)c1ccccc1. The summed E-state index contributed by atoms with van der Waals surface area (Å²) in [4.78, 5) is 48.2. The molecule has 4 heteroatoms. The van der Waals surface area contributed by atoms with Crippen LogP contribution in [0.5, 0.6) is 0 Å². The van der Waals surface area contributed by atoms with Gasteiger partial charge in [0.1, 0.15) is 5.78 Å². The molecule has 2 aromatic rings. The number of Topliss-reactive ketones (excluding diaryl/α,β-unsaturated/α-hetero) is 4. The Balaban J connectivity index is 2.34. The van der Waals surface area contributed by atoms with Gasteiger partial charge in [-0.05, 0) is 11.1 Å². The molecule has 4 nitrogen and oxygen atoms in total. The van der Waals surface area contributed by atoms with Crippen LogP contribution in [0.15, 0.2) is 60.7 Å². The standard InChI is InChI=1S/C20H18O4/c1-2-16(21)13-17(22)19(23)20(24)18(14-9-5-3-6-10-14)15-11-7-4-8-12-15/h3-12,18H,2,13H2,1H3. The summed E-state index contributed by atoms with van der Waals surface area (Å²) in [7, 11) is 0. The molecule has 0 N–H and O–H groups in total. The molecule has 2 aromatic carbocycles. The van der Waals surface area contributed by atoms with Gasteiger partial charge in [0, 0.05) is 6.42 Å². The summed E-state index contributed by atoms with van der Waals surface area (Å²) >= 11 is 0. The van der Waals surface area contributed by atoms with Crippen molar-refractivity contribution < 1.29 is 19.2 Å². The number of carbonyl (C=O) groups excluding carboxylic acids is 4. The molecular formula is C20H18O4. The third-order valence-corrected chi connectivity index (χ3v) is 3.76. The third-order valence-electron chi connectivity index (χ3n) is 3.76. The molecule has 0 amide bonds. The lowest BCUT2D eigenvalue weighted by Crippen LogP contribution is -2.30. The van der Waals surface area contributed by atoms with Crippen LogP contribution in [0.1, 0.15) is 36.8 Å². The van der Waals surface area contributed by atoms with E-state index in [0.717, 1.165) is 0 Å². The average Bonchev–Trinajstić information content (AvgIpc) is 2.62. The molecule has 0 spiro atoms. The fraction of sp³-hybridized carbons (Fsp3) is 0.200. The van der Waals surface area contributed by atoms with Crippen molar-refractivity contribution in [1.82, 2.24) is 0 Å². The highest BCUT2D eigenvalue weighted by atomic mass is 16.2. The van der Waals surface area contributed by atoms with Gasteiger partial charge in [0.15, 0.2) is 0 Å². The maximum Gasteiger partial charge on any atom is 0.265 e. The Bertz CT molecular complexity index is 708. The fourth-order valence-electron chi connectivity index (χ4n) is 2.44. The van der Waals surface area contributed by atoms with Crippen LogP contribution in [-0.2, 0) is 19.2 Å². The van der Waals surface area contributed by atoms with Crippen molar-refractivity contribution in [3.8, 4) is 0 Å². The maximum atomic E-state index is 12.7. The Hall–Kier alpha value is -2.88. The quantitative estimate of drug-likeness (QED) is 0.553. The molecular weight excluding hydrogens is 304 g/mol. The van der Waals surface area contributed by atoms with E-state index in [2.05, 4.69) is 0 Å². The molecule has 2 rings (SSSR count). The van der Waals surface area contributed by atoms with E-state index >= 15 is 0 Å². The second kappa shape index (κ2) is 8.11. The zero-order chi connectivity index (χ0) is 17.5. The highest BCUT2D eigenvalue weighted by molar-refractivity contribution is 6.66. The molecule has 0 aliphatic carbocycles. The van der Waals surface area contributed by atoms with Crippen molar-refractivity contribution >= 4 is 23.1 Å². The van der Waals surface area contributed by atoms with Gasteiger partial charge in [-0.1, -0.05) is 67.6 Å². The summed E-state index contributed by atoms with van der Waals surface area (Å²) in [6, 6.07) is 17.7. The van der Waals surface area contributed by atoms with Crippen molar-refractivity contribution in [2.75, 3.05) is 0 Å². The molecule has 0 saturated carbocycles. The van der Waals surface area contributed by atoms with Crippen LogP contribution in [0.3, 0.4) is 0 Å². The predicted molar refractivity (Wildman–Crippen MR) is 89.7 cm³/mol. The zero-order valence-electron chi connectivity index (χ0n) is 13.4. The van der Waals surface area contributed by atoms with Gasteiger partial charge in [-0.3, -0.25) is 19.2 Å². The number of ketones is 4. The molecule has 0 fully saturated rings. The van der Waals surface area contributed by atoms with Gasteiger partial charge >= 0.3 is 0 Å². The van der Waals surface area contributed by atoms with Crippen LogP contribution in [0.25, 0.3) is 0 Å². The number of carbonyl (C=O) groups is 4. The first kappa shape index (κ1) is 17.5. The Morgan fingerprint density at radius 2 is 1.25 bits per heavy atom. The van der Waals surface area contributed by atoms with Gasteiger partial charge in [-0.2, -0.15) is 0 Å². The minimum absolute atomic E-state index is 0.161. The third kappa shape index (κ3) is 4.10. The van der Waals surface area contributed by atoms with Gasteiger partial charge in [-0.25, -0.2) is 0 Å². The first-order chi connectivity index (χ1) is 11.5. The number of hydrogen-bond donors (Lipinski definition) is 0. The van der Waals surface area contributed by atoms with E-state index in [1.165, 1.54) is 0 Å². The highest BCUT2D eigenvalue weighted by Crippen LogP contribution is 2.26. The molecule has 0 saturated heterocycles. The molecule has 0 bridgehead atoms. The molecule has 0 heterocycles. The first-order valence-electron chi connectivity index (χ1n) is 7.77. The van der Waals surface area contributed by atoms with Gasteiger partial charge in [-0.15, -0.1) is 0 Å².